The molecule has 0 amide bonds. The van der Waals surface area contributed by atoms with Crippen molar-refractivity contribution in [1.82, 2.24) is 0 Å². The van der Waals surface area contributed by atoms with Crippen molar-refractivity contribution in [2.45, 2.75) is 46.0 Å². The van der Waals surface area contributed by atoms with E-state index in [2.05, 4.69) is 56.3 Å². The molecule has 0 radical (unpaired) electrons. The molecule has 0 heterocycles. The second kappa shape index (κ2) is 5.83. The van der Waals surface area contributed by atoms with Gasteiger partial charge in [-0.25, -0.2) is 0 Å². The molecule has 0 nitrogen and oxygen atoms in total. The summed E-state index contributed by atoms with van der Waals surface area (Å²) in [5.74, 6) is 0.835. The Morgan fingerprint density at radius 1 is 0.900 bits per heavy atom. The van der Waals surface area contributed by atoms with Crippen LogP contribution < -0.4 is 0 Å². The van der Waals surface area contributed by atoms with Gasteiger partial charge in [0.2, 0.25) is 0 Å². The molecule has 20 heavy (non-hydrogen) atoms. The van der Waals surface area contributed by atoms with E-state index in [4.69, 9.17) is 0 Å². The van der Waals surface area contributed by atoms with Gasteiger partial charge in [0, 0.05) is 0 Å². The number of unbranched alkanes of at least 4 members (excludes halogenated alkanes) is 1. The van der Waals surface area contributed by atoms with Gasteiger partial charge < -0.3 is 0 Å². The zero-order valence-electron chi connectivity index (χ0n) is 12.7. The highest BCUT2D eigenvalue weighted by Gasteiger charge is 2.17. The molecular formula is C20H24. The molecule has 3 rings (SSSR count). The third-order valence-electron chi connectivity index (χ3n) is 4.36. The van der Waals surface area contributed by atoms with Crippen LogP contribution in [0.1, 0.15) is 49.8 Å². The van der Waals surface area contributed by atoms with Gasteiger partial charge in [0.1, 0.15) is 0 Å². The summed E-state index contributed by atoms with van der Waals surface area (Å²) in [6.45, 7) is 4.62. The molecule has 0 aliphatic heterocycles. The van der Waals surface area contributed by atoms with Gasteiger partial charge in [0.05, 0.1) is 0 Å². The molecule has 0 bridgehead atoms. The highest BCUT2D eigenvalue weighted by Crippen LogP contribution is 2.37. The van der Waals surface area contributed by atoms with E-state index in [1.807, 2.05) is 0 Å². The second-order valence-electron chi connectivity index (χ2n) is 6.47. The van der Waals surface area contributed by atoms with Crippen LogP contribution in [0.4, 0.5) is 0 Å². The molecule has 0 saturated heterocycles. The van der Waals surface area contributed by atoms with Gasteiger partial charge >= 0.3 is 0 Å². The number of aryl methyl sites for hydroxylation is 1. The van der Waals surface area contributed by atoms with Crippen molar-refractivity contribution < 1.29 is 0 Å². The summed E-state index contributed by atoms with van der Waals surface area (Å²) in [6.07, 6.45) is 6.36. The van der Waals surface area contributed by atoms with E-state index in [0.717, 1.165) is 12.3 Å². The van der Waals surface area contributed by atoms with Crippen LogP contribution in [-0.4, -0.2) is 0 Å². The maximum absolute atomic E-state index is 2.43. The van der Waals surface area contributed by atoms with Crippen molar-refractivity contribution in [3.8, 4) is 11.1 Å². The topological polar surface area (TPSA) is 0 Å². The fourth-order valence-electron chi connectivity index (χ4n) is 3.21. The van der Waals surface area contributed by atoms with Crippen LogP contribution in [0.25, 0.3) is 11.1 Å². The Morgan fingerprint density at radius 3 is 2.55 bits per heavy atom. The molecule has 0 spiro atoms. The summed E-state index contributed by atoms with van der Waals surface area (Å²) in [6, 6.07) is 15.9. The first-order valence-corrected chi connectivity index (χ1v) is 7.94. The SMILES string of the molecule is CC(C)CCCCc1ccc2c(c1)-c1ccccc1C2. The van der Waals surface area contributed by atoms with E-state index in [1.54, 1.807) is 0 Å². The predicted octanol–water partition coefficient (Wildman–Crippen LogP) is 5.63. The smallest absolute Gasteiger partial charge is 0.00135 e. The van der Waals surface area contributed by atoms with Gasteiger partial charge in [-0.3, -0.25) is 0 Å². The van der Waals surface area contributed by atoms with Crippen LogP contribution in [0.3, 0.4) is 0 Å². The Morgan fingerprint density at radius 2 is 1.70 bits per heavy atom. The molecule has 104 valence electrons. The quantitative estimate of drug-likeness (QED) is 0.524. The molecule has 1 aliphatic rings. The van der Waals surface area contributed by atoms with E-state index < -0.39 is 0 Å². The number of fused-ring (bicyclic) bond motifs is 3. The Hall–Kier alpha value is -1.56. The number of hydrogen-bond donors (Lipinski definition) is 0. The molecule has 0 atom stereocenters. The lowest BCUT2D eigenvalue weighted by atomic mass is 9.98. The third-order valence-corrected chi connectivity index (χ3v) is 4.36. The lowest BCUT2D eigenvalue weighted by Gasteiger charge is -2.07. The van der Waals surface area contributed by atoms with Gasteiger partial charge in [0.15, 0.2) is 0 Å². The molecule has 2 aromatic rings. The molecule has 0 heteroatoms. The standard InChI is InChI=1S/C20H24/c1-15(2)7-3-4-8-16-11-12-18-14-17-9-5-6-10-19(17)20(18)13-16/h5-6,9-13,15H,3-4,7-8,14H2,1-2H3. The minimum atomic E-state index is 0.835. The normalized spacial score (nSPS) is 12.6. The number of benzene rings is 2. The van der Waals surface area contributed by atoms with Crippen LogP contribution in [0.5, 0.6) is 0 Å². The fourth-order valence-corrected chi connectivity index (χ4v) is 3.21. The Kier molecular flexibility index (Phi) is 3.91. The average molecular weight is 264 g/mol. The van der Waals surface area contributed by atoms with Crippen molar-refractivity contribution in [2.75, 3.05) is 0 Å². The first-order chi connectivity index (χ1) is 9.74. The van der Waals surface area contributed by atoms with Gasteiger partial charge in [-0.05, 0) is 53.0 Å². The molecule has 0 fully saturated rings. The first kappa shape index (κ1) is 13.4. The third kappa shape index (κ3) is 2.80. The van der Waals surface area contributed by atoms with Crippen molar-refractivity contribution in [1.29, 1.82) is 0 Å². The summed E-state index contributed by atoms with van der Waals surface area (Å²) < 4.78 is 0. The lowest BCUT2D eigenvalue weighted by Crippen LogP contribution is -1.91. The largest absolute Gasteiger partial charge is 0.0628 e. The monoisotopic (exact) mass is 264 g/mol. The Labute approximate surface area is 122 Å². The van der Waals surface area contributed by atoms with Crippen molar-refractivity contribution in [2.24, 2.45) is 5.92 Å². The lowest BCUT2D eigenvalue weighted by molar-refractivity contribution is 0.538. The summed E-state index contributed by atoms with van der Waals surface area (Å²) in [5.41, 5.74) is 7.41. The molecule has 2 aromatic carbocycles. The maximum Gasteiger partial charge on any atom is -0.00135 e. The molecule has 0 unspecified atom stereocenters. The summed E-state index contributed by atoms with van der Waals surface area (Å²) in [5, 5.41) is 0. The van der Waals surface area contributed by atoms with Crippen LogP contribution >= 0.6 is 0 Å². The van der Waals surface area contributed by atoms with Gasteiger partial charge in [-0.1, -0.05) is 69.2 Å². The molecule has 0 saturated carbocycles. The van der Waals surface area contributed by atoms with E-state index in [0.29, 0.717) is 0 Å². The molecule has 0 aromatic heterocycles. The van der Waals surface area contributed by atoms with Crippen LogP contribution in [0.15, 0.2) is 42.5 Å². The minimum Gasteiger partial charge on any atom is -0.0628 e. The van der Waals surface area contributed by atoms with Crippen LogP contribution in [0.2, 0.25) is 0 Å². The first-order valence-electron chi connectivity index (χ1n) is 7.94. The van der Waals surface area contributed by atoms with Crippen molar-refractivity contribution >= 4 is 0 Å². The van der Waals surface area contributed by atoms with E-state index in [1.165, 1.54) is 53.5 Å². The van der Waals surface area contributed by atoms with Gasteiger partial charge in [0.25, 0.3) is 0 Å². The highest BCUT2D eigenvalue weighted by molar-refractivity contribution is 5.77. The van der Waals surface area contributed by atoms with Crippen molar-refractivity contribution in [3.05, 3.63) is 59.2 Å². The maximum atomic E-state index is 2.43. The highest BCUT2D eigenvalue weighted by atomic mass is 14.2. The zero-order valence-corrected chi connectivity index (χ0v) is 12.7. The summed E-state index contributed by atoms with van der Waals surface area (Å²) in [7, 11) is 0. The van der Waals surface area contributed by atoms with Gasteiger partial charge in [-0.15, -0.1) is 0 Å². The molecule has 0 N–H and O–H groups in total. The average Bonchev–Trinajstić information content (AvgIpc) is 2.81. The Balaban J connectivity index is 1.71. The van der Waals surface area contributed by atoms with Crippen LogP contribution in [0, 0.1) is 5.92 Å². The minimum absolute atomic E-state index is 0.835. The predicted molar refractivity (Wildman–Crippen MR) is 87.1 cm³/mol. The second-order valence-corrected chi connectivity index (χ2v) is 6.47. The fraction of sp³-hybridized carbons (Fsp3) is 0.400. The van der Waals surface area contributed by atoms with Crippen molar-refractivity contribution in [3.63, 3.8) is 0 Å². The zero-order chi connectivity index (χ0) is 13.9. The molecule has 1 aliphatic carbocycles. The molecular weight excluding hydrogens is 240 g/mol. The van der Waals surface area contributed by atoms with E-state index in [9.17, 15) is 0 Å². The summed E-state index contributed by atoms with van der Waals surface area (Å²) in [4.78, 5) is 0. The van der Waals surface area contributed by atoms with Gasteiger partial charge in [-0.2, -0.15) is 0 Å². The van der Waals surface area contributed by atoms with E-state index >= 15 is 0 Å². The van der Waals surface area contributed by atoms with E-state index in [-0.39, 0.29) is 0 Å². The van der Waals surface area contributed by atoms with Crippen LogP contribution in [-0.2, 0) is 12.8 Å². The Bertz CT molecular complexity index is 593. The summed E-state index contributed by atoms with van der Waals surface area (Å²) >= 11 is 0. The number of hydrogen-bond acceptors (Lipinski definition) is 0. The number of rotatable bonds is 5.